The monoisotopic (exact) mass is 277 g/mol. The number of aromatic nitrogens is 1. The van der Waals surface area contributed by atoms with Crippen molar-refractivity contribution in [2.75, 3.05) is 6.61 Å². The van der Waals surface area contributed by atoms with Crippen molar-refractivity contribution in [3.05, 3.63) is 47.2 Å². The molecule has 1 heterocycles. The molecule has 0 aliphatic carbocycles. The molecule has 0 saturated heterocycles. The Morgan fingerprint density at radius 1 is 1.37 bits per heavy atom. The van der Waals surface area contributed by atoms with Gasteiger partial charge in [-0.15, -0.1) is 0 Å². The summed E-state index contributed by atoms with van der Waals surface area (Å²) in [5.74, 6) is -0.520. The maximum atomic E-state index is 11.0. The van der Waals surface area contributed by atoms with Crippen LogP contribution >= 0.6 is 11.6 Å². The first-order valence-electron chi connectivity index (χ1n) is 5.74. The van der Waals surface area contributed by atoms with E-state index in [1.54, 1.807) is 12.1 Å². The van der Waals surface area contributed by atoms with E-state index in [9.17, 15) is 4.79 Å². The normalized spacial score (nSPS) is 10.2. The number of carbonyl (C=O) groups is 1. The van der Waals surface area contributed by atoms with Crippen molar-refractivity contribution < 1.29 is 14.6 Å². The molecule has 4 nitrogen and oxygen atoms in total. The zero-order valence-corrected chi connectivity index (χ0v) is 11.0. The van der Waals surface area contributed by atoms with E-state index in [2.05, 4.69) is 4.98 Å². The van der Waals surface area contributed by atoms with Crippen LogP contribution in [0.3, 0.4) is 0 Å². The largest absolute Gasteiger partial charge is 0.492 e. The molecule has 0 saturated carbocycles. The summed E-state index contributed by atoms with van der Waals surface area (Å²) in [5, 5.41) is 9.62. The van der Waals surface area contributed by atoms with Crippen LogP contribution < -0.4 is 4.74 Å². The third-order valence-electron chi connectivity index (χ3n) is 2.54. The average molecular weight is 278 g/mol. The van der Waals surface area contributed by atoms with Gasteiger partial charge in [0.1, 0.15) is 11.4 Å². The molecule has 1 aromatic carbocycles. The Bertz CT molecular complexity index is 596. The van der Waals surface area contributed by atoms with E-state index in [-0.39, 0.29) is 5.69 Å². The van der Waals surface area contributed by atoms with Crippen molar-refractivity contribution in [1.29, 1.82) is 0 Å². The zero-order valence-electron chi connectivity index (χ0n) is 10.3. The molecule has 0 fully saturated rings. The SMILES string of the molecule is CCOc1cnc(C(=O)O)cc1-c1ccc(Cl)cc1. The highest BCUT2D eigenvalue weighted by Gasteiger charge is 2.12. The molecule has 1 N–H and O–H groups in total. The number of ether oxygens (including phenoxy) is 1. The first-order chi connectivity index (χ1) is 9.11. The minimum Gasteiger partial charge on any atom is -0.492 e. The summed E-state index contributed by atoms with van der Waals surface area (Å²) in [6.07, 6.45) is 1.43. The summed E-state index contributed by atoms with van der Waals surface area (Å²) in [7, 11) is 0. The van der Waals surface area contributed by atoms with Crippen LogP contribution in [0.2, 0.25) is 5.02 Å². The second-order valence-electron chi connectivity index (χ2n) is 3.81. The third-order valence-corrected chi connectivity index (χ3v) is 2.79. The van der Waals surface area contributed by atoms with Gasteiger partial charge < -0.3 is 9.84 Å². The highest BCUT2D eigenvalue weighted by atomic mass is 35.5. The van der Waals surface area contributed by atoms with Gasteiger partial charge in [0.25, 0.3) is 0 Å². The molecule has 0 spiro atoms. The molecule has 0 radical (unpaired) electrons. The molecule has 0 unspecified atom stereocenters. The van der Waals surface area contributed by atoms with Crippen molar-refractivity contribution in [2.24, 2.45) is 0 Å². The van der Waals surface area contributed by atoms with Gasteiger partial charge in [0.05, 0.1) is 12.8 Å². The van der Waals surface area contributed by atoms with Crippen LogP contribution in [0.25, 0.3) is 11.1 Å². The topological polar surface area (TPSA) is 59.4 Å². The maximum absolute atomic E-state index is 11.0. The lowest BCUT2D eigenvalue weighted by Crippen LogP contribution is -2.02. The van der Waals surface area contributed by atoms with Gasteiger partial charge in [0, 0.05) is 10.6 Å². The standard InChI is InChI=1S/C14H12ClNO3/c1-2-19-13-8-16-12(14(17)18)7-11(13)9-3-5-10(15)6-4-9/h3-8H,2H2,1H3,(H,17,18). The lowest BCUT2D eigenvalue weighted by atomic mass is 10.1. The van der Waals surface area contributed by atoms with Gasteiger partial charge in [-0.3, -0.25) is 0 Å². The number of carboxylic acid groups (broad SMARTS) is 1. The molecule has 0 aliphatic heterocycles. The van der Waals surface area contributed by atoms with Crippen LogP contribution in [-0.2, 0) is 0 Å². The number of pyridine rings is 1. The molecule has 0 bridgehead atoms. The number of hydrogen-bond acceptors (Lipinski definition) is 3. The predicted molar refractivity (Wildman–Crippen MR) is 72.8 cm³/mol. The molecule has 2 aromatic rings. The van der Waals surface area contributed by atoms with Crippen LogP contribution in [0.5, 0.6) is 5.75 Å². The Balaban J connectivity index is 2.53. The Hall–Kier alpha value is -2.07. The van der Waals surface area contributed by atoms with Gasteiger partial charge in [-0.05, 0) is 30.7 Å². The number of hydrogen-bond donors (Lipinski definition) is 1. The second kappa shape index (κ2) is 5.71. The van der Waals surface area contributed by atoms with E-state index in [1.165, 1.54) is 12.3 Å². The van der Waals surface area contributed by atoms with E-state index >= 15 is 0 Å². The lowest BCUT2D eigenvalue weighted by Gasteiger charge is -2.10. The van der Waals surface area contributed by atoms with E-state index in [4.69, 9.17) is 21.4 Å². The van der Waals surface area contributed by atoms with Crippen LogP contribution in [0.1, 0.15) is 17.4 Å². The number of nitrogens with zero attached hydrogens (tertiary/aromatic N) is 1. The highest BCUT2D eigenvalue weighted by molar-refractivity contribution is 6.30. The average Bonchev–Trinajstić information content (AvgIpc) is 2.40. The fourth-order valence-corrected chi connectivity index (χ4v) is 1.81. The number of aromatic carboxylic acids is 1. The molecule has 98 valence electrons. The third kappa shape index (κ3) is 3.03. The number of rotatable bonds is 4. The smallest absolute Gasteiger partial charge is 0.354 e. The first-order valence-corrected chi connectivity index (χ1v) is 6.11. The molecule has 5 heteroatoms. The summed E-state index contributed by atoms with van der Waals surface area (Å²) in [6, 6.07) is 8.61. The molecule has 19 heavy (non-hydrogen) atoms. The van der Waals surface area contributed by atoms with Crippen LogP contribution in [0.4, 0.5) is 0 Å². The van der Waals surface area contributed by atoms with Crippen molar-refractivity contribution in [2.45, 2.75) is 6.92 Å². The van der Waals surface area contributed by atoms with E-state index in [0.717, 1.165) is 5.56 Å². The van der Waals surface area contributed by atoms with Crippen LogP contribution in [0, 0.1) is 0 Å². The van der Waals surface area contributed by atoms with E-state index in [1.807, 2.05) is 19.1 Å². The fraction of sp³-hybridized carbons (Fsp3) is 0.143. The number of halogens is 1. The summed E-state index contributed by atoms with van der Waals surface area (Å²) in [5.41, 5.74) is 1.50. The van der Waals surface area contributed by atoms with E-state index in [0.29, 0.717) is 22.9 Å². The maximum Gasteiger partial charge on any atom is 0.354 e. The molecule has 1 aromatic heterocycles. The first kappa shape index (κ1) is 13.4. The molecule has 0 aliphatic rings. The molecular weight excluding hydrogens is 266 g/mol. The minimum atomic E-state index is -1.07. The second-order valence-corrected chi connectivity index (χ2v) is 4.25. The lowest BCUT2D eigenvalue weighted by molar-refractivity contribution is 0.0690. The summed E-state index contributed by atoms with van der Waals surface area (Å²) in [6.45, 7) is 2.34. The highest BCUT2D eigenvalue weighted by Crippen LogP contribution is 2.30. The summed E-state index contributed by atoms with van der Waals surface area (Å²) >= 11 is 5.84. The van der Waals surface area contributed by atoms with Crippen molar-refractivity contribution >= 4 is 17.6 Å². The Kier molecular flexibility index (Phi) is 4.02. The summed E-state index contributed by atoms with van der Waals surface area (Å²) in [4.78, 5) is 14.8. The summed E-state index contributed by atoms with van der Waals surface area (Å²) < 4.78 is 5.47. The van der Waals surface area contributed by atoms with Gasteiger partial charge in [-0.1, -0.05) is 23.7 Å². The van der Waals surface area contributed by atoms with Gasteiger partial charge in [-0.25, -0.2) is 9.78 Å². The molecule has 0 amide bonds. The number of carboxylic acids is 1. The Morgan fingerprint density at radius 2 is 2.05 bits per heavy atom. The van der Waals surface area contributed by atoms with Gasteiger partial charge in [-0.2, -0.15) is 0 Å². The van der Waals surface area contributed by atoms with Crippen molar-refractivity contribution in [1.82, 2.24) is 4.98 Å². The number of benzene rings is 1. The van der Waals surface area contributed by atoms with Gasteiger partial charge in [0.15, 0.2) is 0 Å². The van der Waals surface area contributed by atoms with Crippen molar-refractivity contribution in [3.8, 4) is 16.9 Å². The minimum absolute atomic E-state index is 0.0200. The Morgan fingerprint density at radius 3 is 2.63 bits per heavy atom. The fourth-order valence-electron chi connectivity index (χ4n) is 1.69. The zero-order chi connectivity index (χ0) is 13.8. The van der Waals surface area contributed by atoms with Crippen molar-refractivity contribution in [3.63, 3.8) is 0 Å². The van der Waals surface area contributed by atoms with E-state index < -0.39 is 5.97 Å². The molecule has 2 rings (SSSR count). The van der Waals surface area contributed by atoms with Gasteiger partial charge in [0.2, 0.25) is 0 Å². The molecular formula is C14H12ClNO3. The predicted octanol–water partition coefficient (Wildman–Crippen LogP) is 3.50. The van der Waals surface area contributed by atoms with Crippen LogP contribution in [0.15, 0.2) is 36.5 Å². The quantitative estimate of drug-likeness (QED) is 0.929. The Labute approximate surface area is 115 Å². The molecule has 0 atom stereocenters. The van der Waals surface area contributed by atoms with Gasteiger partial charge >= 0.3 is 5.97 Å². The van der Waals surface area contributed by atoms with Crippen LogP contribution in [-0.4, -0.2) is 22.7 Å².